The Balaban J connectivity index is 2.58. The zero-order chi connectivity index (χ0) is 11.7. The van der Waals surface area contributed by atoms with Crippen LogP contribution < -0.4 is 0 Å². The molecule has 0 unspecified atom stereocenters. The molecule has 0 radical (unpaired) electrons. The van der Waals surface area contributed by atoms with E-state index in [1.165, 1.54) is 0 Å². The van der Waals surface area contributed by atoms with Crippen molar-refractivity contribution in [3.05, 3.63) is 47.5 Å². The molecule has 0 fully saturated rings. The zero-order valence-electron chi connectivity index (χ0n) is 9.36. The Morgan fingerprint density at radius 2 is 1.50 bits per heavy atom. The predicted octanol–water partition coefficient (Wildman–Crippen LogP) is 3.38. The first-order valence-corrected chi connectivity index (χ1v) is 5.17. The molecule has 2 aromatic rings. The molecule has 0 spiro atoms. The van der Waals surface area contributed by atoms with Crippen LogP contribution in [0.4, 0.5) is 0 Å². The van der Waals surface area contributed by atoms with Gasteiger partial charge in [-0.2, -0.15) is 0 Å². The molecule has 0 bridgehead atoms. The quantitative estimate of drug-likeness (QED) is 0.764. The van der Waals surface area contributed by atoms with Crippen LogP contribution in [-0.4, -0.2) is 10.2 Å². The molecule has 2 heteroatoms. The highest BCUT2D eigenvalue weighted by Gasteiger charge is 2.06. The Hall–Kier alpha value is -1.96. The van der Waals surface area contributed by atoms with Gasteiger partial charge in [0.2, 0.25) is 0 Å². The van der Waals surface area contributed by atoms with Gasteiger partial charge in [-0.05, 0) is 49.2 Å². The fourth-order valence-electron chi connectivity index (χ4n) is 1.70. The Morgan fingerprint density at radius 3 is 2.19 bits per heavy atom. The molecule has 0 saturated heterocycles. The standard InChI is InChI=1S/C14H14O2/c1-9-3-5-14(16)12(7-9)11-4-6-13(15)10(2)8-11/h3-8,15-16H,1-2H3. The van der Waals surface area contributed by atoms with Crippen LogP contribution in [0.3, 0.4) is 0 Å². The highest BCUT2D eigenvalue weighted by molar-refractivity contribution is 5.72. The van der Waals surface area contributed by atoms with Crippen LogP contribution in [0.15, 0.2) is 36.4 Å². The van der Waals surface area contributed by atoms with E-state index in [2.05, 4.69) is 0 Å². The number of aromatic hydroxyl groups is 2. The summed E-state index contributed by atoms with van der Waals surface area (Å²) in [6.07, 6.45) is 0. The molecule has 0 aliphatic carbocycles. The van der Waals surface area contributed by atoms with Gasteiger partial charge in [-0.25, -0.2) is 0 Å². The van der Waals surface area contributed by atoms with Crippen LogP contribution >= 0.6 is 0 Å². The number of rotatable bonds is 1. The summed E-state index contributed by atoms with van der Waals surface area (Å²) in [5.74, 6) is 0.534. The van der Waals surface area contributed by atoms with Crippen LogP contribution in [0.25, 0.3) is 11.1 Å². The maximum absolute atomic E-state index is 9.79. The third-order valence-corrected chi connectivity index (χ3v) is 2.66. The van der Waals surface area contributed by atoms with Crippen LogP contribution in [0.1, 0.15) is 11.1 Å². The second-order valence-electron chi connectivity index (χ2n) is 4.02. The lowest BCUT2D eigenvalue weighted by Crippen LogP contribution is -1.83. The molecule has 82 valence electrons. The highest BCUT2D eigenvalue weighted by atomic mass is 16.3. The first-order chi connectivity index (χ1) is 7.58. The van der Waals surface area contributed by atoms with E-state index in [0.29, 0.717) is 0 Å². The number of phenolic OH excluding ortho intramolecular Hbond substituents is 2. The first kappa shape index (κ1) is 10.6. The summed E-state index contributed by atoms with van der Waals surface area (Å²) in [6, 6.07) is 10.8. The molecule has 16 heavy (non-hydrogen) atoms. The van der Waals surface area contributed by atoms with Gasteiger partial charge in [0.1, 0.15) is 11.5 Å². The van der Waals surface area contributed by atoms with Gasteiger partial charge in [-0.15, -0.1) is 0 Å². The largest absolute Gasteiger partial charge is 0.508 e. The van der Waals surface area contributed by atoms with Crippen molar-refractivity contribution in [2.24, 2.45) is 0 Å². The van der Waals surface area contributed by atoms with Gasteiger partial charge in [0.15, 0.2) is 0 Å². The molecule has 0 aliphatic rings. The van der Waals surface area contributed by atoms with E-state index in [9.17, 15) is 10.2 Å². The number of hydrogen-bond donors (Lipinski definition) is 2. The van der Waals surface area contributed by atoms with Gasteiger partial charge in [0.05, 0.1) is 0 Å². The highest BCUT2D eigenvalue weighted by Crippen LogP contribution is 2.32. The Morgan fingerprint density at radius 1 is 0.812 bits per heavy atom. The summed E-state index contributed by atoms with van der Waals surface area (Å²) in [6.45, 7) is 3.82. The lowest BCUT2D eigenvalue weighted by atomic mass is 10.0. The third kappa shape index (κ3) is 1.87. The van der Waals surface area contributed by atoms with Gasteiger partial charge in [-0.3, -0.25) is 0 Å². The maximum atomic E-state index is 9.79. The molecule has 0 aliphatic heterocycles. The monoisotopic (exact) mass is 214 g/mol. The van der Waals surface area contributed by atoms with Gasteiger partial charge >= 0.3 is 0 Å². The zero-order valence-corrected chi connectivity index (χ0v) is 9.36. The van der Waals surface area contributed by atoms with Crippen molar-refractivity contribution in [3.63, 3.8) is 0 Å². The molecule has 2 N–H and O–H groups in total. The minimum atomic E-state index is 0.260. The lowest BCUT2D eigenvalue weighted by molar-refractivity contribution is 0.470. The average Bonchev–Trinajstić information content (AvgIpc) is 2.26. The third-order valence-electron chi connectivity index (χ3n) is 2.66. The predicted molar refractivity (Wildman–Crippen MR) is 64.7 cm³/mol. The molecule has 0 saturated carbocycles. The first-order valence-electron chi connectivity index (χ1n) is 5.17. The number of benzene rings is 2. The molecule has 0 aromatic heterocycles. The summed E-state index contributed by atoms with van der Waals surface area (Å²) in [5.41, 5.74) is 3.61. The molecule has 0 atom stereocenters. The normalized spacial score (nSPS) is 10.4. The van der Waals surface area contributed by atoms with E-state index >= 15 is 0 Å². The van der Waals surface area contributed by atoms with E-state index in [1.807, 2.05) is 32.0 Å². The average molecular weight is 214 g/mol. The SMILES string of the molecule is Cc1ccc(O)c(-c2ccc(O)c(C)c2)c1. The Labute approximate surface area is 94.8 Å². The fraction of sp³-hybridized carbons (Fsp3) is 0.143. The smallest absolute Gasteiger partial charge is 0.123 e. The van der Waals surface area contributed by atoms with E-state index in [4.69, 9.17) is 0 Å². The second kappa shape index (κ2) is 3.89. The molecule has 2 aromatic carbocycles. The van der Waals surface area contributed by atoms with E-state index < -0.39 is 0 Å². The summed E-state index contributed by atoms with van der Waals surface area (Å²) >= 11 is 0. The molecular weight excluding hydrogens is 200 g/mol. The maximum Gasteiger partial charge on any atom is 0.123 e. The molecule has 0 heterocycles. The molecular formula is C14H14O2. The minimum absolute atomic E-state index is 0.260. The molecule has 0 amide bonds. The minimum Gasteiger partial charge on any atom is -0.508 e. The van der Waals surface area contributed by atoms with Gasteiger partial charge < -0.3 is 10.2 Å². The van der Waals surface area contributed by atoms with E-state index in [0.717, 1.165) is 22.3 Å². The van der Waals surface area contributed by atoms with Crippen molar-refractivity contribution in [2.45, 2.75) is 13.8 Å². The van der Waals surface area contributed by atoms with Crippen molar-refractivity contribution in [1.82, 2.24) is 0 Å². The number of aryl methyl sites for hydroxylation is 2. The van der Waals surface area contributed by atoms with Crippen molar-refractivity contribution in [3.8, 4) is 22.6 Å². The second-order valence-corrected chi connectivity index (χ2v) is 4.02. The van der Waals surface area contributed by atoms with Crippen molar-refractivity contribution >= 4 is 0 Å². The summed E-state index contributed by atoms with van der Waals surface area (Å²) < 4.78 is 0. The Kier molecular flexibility index (Phi) is 2.57. The fourth-order valence-corrected chi connectivity index (χ4v) is 1.70. The summed E-state index contributed by atoms with van der Waals surface area (Å²) in [5, 5.41) is 19.2. The van der Waals surface area contributed by atoms with Crippen molar-refractivity contribution in [2.75, 3.05) is 0 Å². The van der Waals surface area contributed by atoms with Gasteiger partial charge in [0, 0.05) is 5.56 Å². The van der Waals surface area contributed by atoms with Gasteiger partial charge in [-0.1, -0.05) is 17.7 Å². The van der Waals surface area contributed by atoms with Gasteiger partial charge in [0.25, 0.3) is 0 Å². The summed E-state index contributed by atoms with van der Waals surface area (Å²) in [4.78, 5) is 0. The van der Waals surface area contributed by atoms with Crippen LogP contribution in [0.2, 0.25) is 0 Å². The summed E-state index contributed by atoms with van der Waals surface area (Å²) in [7, 11) is 0. The van der Waals surface area contributed by atoms with E-state index in [1.54, 1.807) is 18.2 Å². The lowest BCUT2D eigenvalue weighted by Gasteiger charge is -2.07. The molecule has 2 rings (SSSR count). The van der Waals surface area contributed by atoms with E-state index in [-0.39, 0.29) is 11.5 Å². The number of phenols is 2. The molecule has 2 nitrogen and oxygen atoms in total. The number of hydrogen-bond acceptors (Lipinski definition) is 2. The Bertz CT molecular complexity index is 530. The van der Waals surface area contributed by atoms with Crippen LogP contribution in [-0.2, 0) is 0 Å². The van der Waals surface area contributed by atoms with Crippen LogP contribution in [0, 0.1) is 13.8 Å². The van der Waals surface area contributed by atoms with Crippen molar-refractivity contribution < 1.29 is 10.2 Å². The van der Waals surface area contributed by atoms with Crippen molar-refractivity contribution in [1.29, 1.82) is 0 Å². The topological polar surface area (TPSA) is 40.5 Å². The van der Waals surface area contributed by atoms with Crippen LogP contribution in [0.5, 0.6) is 11.5 Å².